The molecule has 0 amide bonds. The molecule has 1 aliphatic heterocycles. The van der Waals surface area contributed by atoms with Crippen LogP contribution in [0.4, 0.5) is 19.1 Å². The Morgan fingerprint density at radius 1 is 1.14 bits per heavy atom. The predicted molar refractivity (Wildman–Crippen MR) is 127 cm³/mol. The van der Waals surface area contributed by atoms with Gasteiger partial charge in [0.25, 0.3) is 0 Å². The van der Waals surface area contributed by atoms with E-state index in [1.807, 2.05) is 0 Å². The van der Waals surface area contributed by atoms with E-state index in [-0.39, 0.29) is 35.9 Å². The lowest BCUT2D eigenvalue weighted by atomic mass is 10.1. The van der Waals surface area contributed by atoms with Crippen LogP contribution in [-0.2, 0) is 35.7 Å². The minimum atomic E-state index is -4.82. The van der Waals surface area contributed by atoms with Crippen LogP contribution in [0.3, 0.4) is 0 Å². The molecule has 3 aromatic rings. The smallest absolute Gasteiger partial charge is 0.392 e. The van der Waals surface area contributed by atoms with E-state index in [2.05, 4.69) is 28.8 Å². The number of sulfone groups is 1. The van der Waals surface area contributed by atoms with Crippen molar-refractivity contribution in [1.29, 1.82) is 0 Å². The highest BCUT2D eigenvalue weighted by atomic mass is 32.2. The zero-order valence-electron chi connectivity index (χ0n) is 20.4. The van der Waals surface area contributed by atoms with Gasteiger partial charge in [-0.05, 0) is 17.7 Å². The van der Waals surface area contributed by atoms with E-state index in [0.717, 1.165) is 12.5 Å². The number of anilines is 1. The molecule has 2 aromatic heterocycles. The molecule has 0 atom stereocenters. The number of carbonyl (C=O) groups is 1. The first kappa shape index (κ1) is 27.5. The molecule has 1 aromatic carbocycles. The third-order valence-corrected chi connectivity index (χ3v) is 6.63. The number of rotatable bonds is 5. The fourth-order valence-corrected chi connectivity index (χ4v) is 4.79. The summed E-state index contributed by atoms with van der Waals surface area (Å²) in [6.45, 7) is 5.85. The number of halogens is 3. The van der Waals surface area contributed by atoms with Crippen molar-refractivity contribution in [2.24, 2.45) is 0 Å². The van der Waals surface area contributed by atoms with E-state index in [0.29, 0.717) is 23.4 Å². The number of ketones is 1. The van der Waals surface area contributed by atoms with Gasteiger partial charge in [-0.15, -0.1) is 0 Å². The normalized spacial score (nSPS) is 13.8. The minimum Gasteiger partial charge on any atom is -0.392 e. The second-order valence-electron chi connectivity index (χ2n) is 8.39. The zero-order valence-corrected chi connectivity index (χ0v) is 21.2. The number of benzene rings is 1. The van der Waals surface area contributed by atoms with Crippen molar-refractivity contribution in [2.45, 2.75) is 64.4 Å². The first-order valence-electron chi connectivity index (χ1n) is 11.4. The Kier molecular flexibility index (Phi) is 8.04. The number of Topliss-reactive ketones (excluding diaryl/α,β-unsaturated/α-hetero) is 1. The standard InChI is InChI=1S/C20H20F3N5O4S.C3H8/c1-3-15(30)12-8-24-19(26-18(12)20(21,22)23)27-4-5-28-14-7-16(33(2,31)32)11(10-29)6-13(14)25-17(28)9-27;1-3-2/h6-8,29H,3-5,9-10H2,1-2H3;3H2,1-2H3. The van der Waals surface area contributed by atoms with Gasteiger partial charge >= 0.3 is 6.18 Å². The number of hydrogen-bond donors (Lipinski definition) is 1. The van der Waals surface area contributed by atoms with E-state index in [4.69, 9.17) is 0 Å². The van der Waals surface area contributed by atoms with Crippen molar-refractivity contribution in [3.63, 3.8) is 0 Å². The Labute approximate surface area is 206 Å². The Hall–Kier alpha value is -3.06. The molecule has 9 nitrogen and oxygen atoms in total. The maximum Gasteiger partial charge on any atom is 0.434 e. The summed E-state index contributed by atoms with van der Waals surface area (Å²) in [4.78, 5) is 25.5. The summed E-state index contributed by atoms with van der Waals surface area (Å²) in [7, 11) is -3.59. The Bertz CT molecular complexity index is 1390. The number of aliphatic hydroxyl groups excluding tert-OH is 1. The summed E-state index contributed by atoms with van der Waals surface area (Å²) in [5, 5.41) is 9.57. The molecule has 0 spiro atoms. The molecular weight excluding hydrogens is 499 g/mol. The Balaban J connectivity index is 0.00000115. The molecule has 0 saturated heterocycles. The van der Waals surface area contributed by atoms with E-state index in [1.54, 1.807) is 4.57 Å². The van der Waals surface area contributed by atoms with Gasteiger partial charge in [0.05, 0.1) is 34.6 Å². The molecule has 3 heterocycles. The van der Waals surface area contributed by atoms with Gasteiger partial charge in [-0.1, -0.05) is 27.2 Å². The van der Waals surface area contributed by atoms with Crippen LogP contribution >= 0.6 is 0 Å². The van der Waals surface area contributed by atoms with Gasteiger partial charge in [-0.3, -0.25) is 4.79 Å². The first-order valence-corrected chi connectivity index (χ1v) is 13.3. The Morgan fingerprint density at radius 2 is 1.81 bits per heavy atom. The number of aliphatic hydroxyl groups is 1. The summed E-state index contributed by atoms with van der Waals surface area (Å²) in [5.74, 6) is -0.395. The molecule has 0 unspecified atom stereocenters. The summed E-state index contributed by atoms with van der Waals surface area (Å²) in [6, 6.07) is 2.94. The number of aromatic nitrogens is 4. The van der Waals surface area contributed by atoms with Crippen molar-refractivity contribution in [3.05, 3.63) is 41.0 Å². The summed E-state index contributed by atoms with van der Waals surface area (Å²) in [6.07, 6.45) is -1.72. The molecule has 0 saturated carbocycles. The number of fused-ring (bicyclic) bond motifs is 3. The molecule has 0 aliphatic carbocycles. The van der Waals surface area contributed by atoms with Crippen molar-refractivity contribution >= 4 is 32.6 Å². The van der Waals surface area contributed by atoms with Gasteiger partial charge in [-0.25, -0.2) is 23.4 Å². The largest absolute Gasteiger partial charge is 0.434 e. The maximum absolute atomic E-state index is 13.5. The molecule has 196 valence electrons. The predicted octanol–water partition coefficient (Wildman–Crippen LogP) is 3.77. The summed E-state index contributed by atoms with van der Waals surface area (Å²) < 4.78 is 66.6. The van der Waals surface area contributed by atoms with Crippen LogP contribution in [0.15, 0.2) is 23.2 Å². The van der Waals surface area contributed by atoms with Crippen LogP contribution in [0.25, 0.3) is 11.0 Å². The number of imidazole rings is 1. The van der Waals surface area contributed by atoms with Gasteiger partial charge in [0.2, 0.25) is 5.95 Å². The van der Waals surface area contributed by atoms with Gasteiger partial charge in [0.1, 0.15) is 5.82 Å². The number of hydrogen-bond acceptors (Lipinski definition) is 8. The minimum absolute atomic E-state index is 0.00281. The second kappa shape index (κ2) is 10.5. The zero-order chi connectivity index (χ0) is 26.8. The third-order valence-electron chi connectivity index (χ3n) is 5.45. The first-order chi connectivity index (χ1) is 16.8. The maximum atomic E-state index is 13.5. The number of nitrogens with zero attached hydrogens (tertiary/aromatic N) is 5. The van der Waals surface area contributed by atoms with Crippen molar-refractivity contribution < 1.29 is 31.5 Å². The molecule has 1 aliphatic rings. The number of alkyl halides is 3. The fourth-order valence-electron chi connectivity index (χ4n) is 3.86. The van der Waals surface area contributed by atoms with Crippen LogP contribution in [0, 0.1) is 0 Å². The molecular formula is C23H28F3N5O4S. The highest BCUT2D eigenvalue weighted by Gasteiger charge is 2.38. The highest BCUT2D eigenvalue weighted by Crippen LogP contribution is 2.33. The van der Waals surface area contributed by atoms with E-state index >= 15 is 0 Å². The van der Waals surface area contributed by atoms with Crippen molar-refractivity contribution in [2.75, 3.05) is 17.7 Å². The van der Waals surface area contributed by atoms with Crippen LogP contribution in [0.1, 0.15) is 61.1 Å². The van der Waals surface area contributed by atoms with Crippen LogP contribution in [0.5, 0.6) is 0 Å². The van der Waals surface area contributed by atoms with Crippen LogP contribution in [0.2, 0.25) is 0 Å². The summed E-state index contributed by atoms with van der Waals surface area (Å²) >= 11 is 0. The van der Waals surface area contributed by atoms with Crippen LogP contribution < -0.4 is 4.90 Å². The lowest BCUT2D eigenvalue weighted by molar-refractivity contribution is -0.141. The monoisotopic (exact) mass is 527 g/mol. The van der Waals surface area contributed by atoms with Crippen LogP contribution in [-0.4, -0.2) is 51.6 Å². The van der Waals surface area contributed by atoms with Crippen molar-refractivity contribution in [1.82, 2.24) is 19.5 Å². The average molecular weight is 528 g/mol. The van der Waals surface area contributed by atoms with E-state index in [9.17, 15) is 31.5 Å². The lowest BCUT2D eigenvalue weighted by Crippen LogP contribution is -2.35. The SMILES string of the molecule is CCC.CCC(=O)c1cnc(N2CCn3c(nc4cc(CO)c(S(C)(=O)=O)cc43)C2)nc1C(F)(F)F. The van der Waals surface area contributed by atoms with Gasteiger partial charge in [0.15, 0.2) is 21.3 Å². The fraction of sp³-hybridized carbons (Fsp3) is 0.478. The van der Waals surface area contributed by atoms with Gasteiger partial charge < -0.3 is 14.6 Å². The van der Waals surface area contributed by atoms with E-state index < -0.39 is 39.7 Å². The molecule has 0 bridgehead atoms. The molecule has 4 rings (SSSR count). The molecule has 36 heavy (non-hydrogen) atoms. The number of carbonyl (C=O) groups excluding carboxylic acids is 1. The third kappa shape index (κ3) is 5.51. The quantitative estimate of drug-likeness (QED) is 0.498. The van der Waals surface area contributed by atoms with E-state index in [1.165, 1.54) is 30.4 Å². The van der Waals surface area contributed by atoms with Crippen molar-refractivity contribution in [3.8, 4) is 0 Å². The second-order valence-corrected chi connectivity index (χ2v) is 10.4. The average Bonchev–Trinajstić information content (AvgIpc) is 3.18. The highest BCUT2D eigenvalue weighted by molar-refractivity contribution is 7.90. The van der Waals surface area contributed by atoms with Gasteiger partial charge in [0, 0.05) is 32.0 Å². The summed E-state index contributed by atoms with van der Waals surface area (Å²) in [5.41, 5.74) is -0.620. The lowest BCUT2D eigenvalue weighted by Gasteiger charge is -2.28. The Morgan fingerprint density at radius 3 is 2.36 bits per heavy atom. The molecule has 0 fully saturated rings. The topological polar surface area (TPSA) is 118 Å². The molecule has 13 heteroatoms. The van der Waals surface area contributed by atoms with Gasteiger partial charge in [-0.2, -0.15) is 13.2 Å². The molecule has 0 radical (unpaired) electrons. The molecule has 1 N–H and O–H groups in total.